The van der Waals surface area contributed by atoms with Crippen molar-refractivity contribution in [3.05, 3.63) is 40.4 Å². The molecule has 1 amide bonds. The first-order valence-corrected chi connectivity index (χ1v) is 10.9. The largest absolute Gasteiger partial charge is 0.347 e. The topological polar surface area (TPSA) is 92.3 Å². The molecular formula is C17H22N4O3S2. The highest BCUT2D eigenvalue weighted by molar-refractivity contribution is 7.89. The van der Waals surface area contributed by atoms with E-state index in [4.69, 9.17) is 0 Å². The zero-order valence-electron chi connectivity index (χ0n) is 14.6. The minimum Gasteiger partial charge on any atom is -0.347 e. The predicted molar refractivity (Wildman–Crippen MR) is 99.5 cm³/mol. The summed E-state index contributed by atoms with van der Waals surface area (Å²) in [6, 6.07) is 6.69. The predicted octanol–water partition coefficient (Wildman–Crippen LogP) is 2.21. The lowest BCUT2D eigenvalue weighted by molar-refractivity contribution is 0.0954. The van der Waals surface area contributed by atoms with Gasteiger partial charge in [-0.25, -0.2) is 8.42 Å². The highest BCUT2D eigenvalue weighted by Gasteiger charge is 2.25. The molecule has 0 unspecified atom stereocenters. The summed E-state index contributed by atoms with van der Waals surface area (Å²) in [5, 5.41) is 6.76. The first-order chi connectivity index (χ1) is 12.5. The molecule has 3 rings (SSSR count). The van der Waals surface area contributed by atoms with E-state index in [1.54, 1.807) is 28.6 Å². The van der Waals surface area contributed by atoms with Crippen LogP contribution in [0.3, 0.4) is 0 Å². The van der Waals surface area contributed by atoms with Crippen molar-refractivity contribution in [2.75, 3.05) is 13.1 Å². The second kappa shape index (κ2) is 8.24. The van der Waals surface area contributed by atoms with Crippen molar-refractivity contribution < 1.29 is 13.2 Å². The summed E-state index contributed by atoms with van der Waals surface area (Å²) in [6.07, 6.45) is 3.56. The average Bonchev–Trinajstić information content (AvgIpc) is 3.16. The Hall–Kier alpha value is -1.84. The summed E-state index contributed by atoms with van der Waals surface area (Å²) >= 11 is 1.08. The molecule has 2 heterocycles. The minimum atomic E-state index is -3.42. The fraction of sp³-hybridized carbons (Fsp3) is 0.471. The van der Waals surface area contributed by atoms with E-state index >= 15 is 0 Å². The summed E-state index contributed by atoms with van der Waals surface area (Å²) in [5.41, 5.74) is 1.53. The average molecular weight is 395 g/mol. The molecular weight excluding hydrogens is 372 g/mol. The lowest BCUT2D eigenvalue weighted by Crippen LogP contribution is -2.35. The third kappa shape index (κ3) is 4.11. The Morgan fingerprint density at radius 1 is 1.19 bits per heavy atom. The van der Waals surface area contributed by atoms with E-state index in [0.29, 0.717) is 41.5 Å². The van der Waals surface area contributed by atoms with Gasteiger partial charge in [-0.05, 0) is 48.5 Å². The van der Waals surface area contributed by atoms with Gasteiger partial charge in [-0.2, -0.15) is 4.31 Å². The van der Waals surface area contributed by atoms with Gasteiger partial charge in [-0.3, -0.25) is 4.79 Å². The number of carbonyl (C=O) groups excluding carboxylic acids is 1. The molecule has 0 spiro atoms. The molecule has 26 heavy (non-hydrogen) atoms. The number of benzene rings is 1. The van der Waals surface area contributed by atoms with Crippen molar-refractivity contribution in [1.82, 2.24) is 19.2 Å². The Balaban J connectivity index is 1.63. The van der Waals surface area contributed by atoms with Gasteiger partial charge in [0.25, 0.3) is 5.91 Å². The standard InChI is InChI=1S/C17H22N4O3S2/c1-2-15-16(25-20-19-15)17(22)18-12-13-6-8-14(9-7-13)26(23,24)21-10-4-3-5-11-21/h6-9H,2-5,10-12H2,1H3,(H,18,22). The number of hydrogen-bond donors (Lipinski definition) is 1. The minimum absolute atomic E-state index is 0.207. The number of hydrogen-bond acceptors (Lipinski definition) is 6. The van der Waals surface area contributed by atoms with Gasteiger partial charge < -0.3 is 5.32 Å². The van der Waals surface area contributed by atoms with Crippen LogP contribution in [0.2, 0.25) is 0 Å². The van der Waals surface area contributed by atoms with Crippen LogP contribution >= 0.6 is 11.5 Å². The highest BCUT2D eigenvalue weighted by Crippen LogP contribution is 2.21. The van der Waals surface area contributed by atoms with Crippen LogP contribution in [0.15, 0.2) is 29.2 Å². The summed E-state index contributed by atoms with van der Waals surface area (Å²) < 4.78 is 30.6. The fourth-order valence-corrected chi connectivity index (χ4v) is 5.09. The number of nitrogens with zero attached hydrogens (tertiary/aromatic N) is 3. The van der Waals surface area contributed by atoms with Crippen molar-refractivity contribution >= 4 is 27.5 Å². The lowest BCUT2D eigenvalue weighted by Gasteiger charge is -2.25. The summed E-state index contributed by atoms with van der Waals surface area (Å²) in [7, 11) is -3.42. The van der Waals surface area contributed by atoms with Gasteiger partial charge in [-0.1, -0.05) is 30.0 Å². The maximum Gasteiger partial charge on any atom is 0.265 e. The van der Waals surface area contributed by atoms with E-state index < -0.39 is 10.0 Å². The number of sulfonamides is 1. The quantitative estimate of drug-likeness (QED) is 0.811. The third-order valence-corrected chi connectivity index (χ3v) is 7.11. The number of carbonyl (C=O) groups is 1. The maximum atomic E-state index is 12.6. The molecule has 9 heteroatoms. The molecule has 0 bridgehead atoms. The van der Waals surface area contributed by atoms with Crippen molar-refractivity contribution in [1.29, 1.82) is 0 Å². The number of aromatic nitrogens is 2. The van der Waals surface area contributed by atoms with E-state index in [0.717, 1.165) is 36.4 Å². The van der Waals surface area contributed by atoms with Crippen LogP contribution in [0.4, 0.5) is 0 Å². The van der Waals surface area contributed by atoms with E-state index in [2.05, 4.69) is 14.9 Å². The number of amides is 1. The number of nitrogens with one attached hydrogen (secondary N) is 1. The van der Waals surface area contributed by atoms with Gasteiger partial charge >= 0.3 is 0 Å². The Labute approximate surface area is 157 Å². The van der Waals surface area contributed by atoms with Crippen LogP contribution in [0.1, 0.15) is 47.1 Å². The van der Waals surface area contributed by atoms with Crippen LogP contribution in [-0.2, 0) is 23.0 Å². The molecule has 0 radical (unpaired) electrons. The van der Waals surface area contributed by atoms with Crippen molar-refractivity contribution in [3.8, 4) is 0 Å². The van der Waals surface area contributed by atoms with Crippen LogP contribution in [0.25, 0.3) is 0 Å². The Morgan fingerprint density at radius 2 is 1.88 bits per heavy atom. The SMILES string of the molecule is CCc1nnsc1C(=O)NCc1ccc(S(=O)(=O)N2CCCCC2)cc1. The second-order valence-corrected chi connectivity index (χ2v) is 8.89. The normalized spacial score (nSPS) is 15.7. The zero-order valence-corrected chi connectivity index (χ0v) is 16.3. The monoisotopic (exact) mass is 394 g/mol. The van der Waals surface area contributed by atoms with Crippen LogP contribution in [0, 0.1) is 0 Å². The Morgan fingerprint density at radius 3 is 2.54 bits per heavy atom. The van der Waals surface area contributed by atoms with E-state index in [9.17, 15) is 13.2 Å². The van der Waals surface area contributed by atoms with Crippen LogP contribution < -0.4 is 5.32 Å². The van der Waals surface area contributed by atoms with Gasteiger partial charge in [0, 0.05) is 19.6 Å². The molecule has 1 saturated heterocycles. The van der Waals surface area contributed by atoms with Crippen LogP contribution in [-0.4, -0.2) is 41.3 Å². The molecule has 1 aliphatic heterocycles. The summed E-state index contributed by atoms with van der Waals surface area (Å²) in [6.45, 7) is 3.42. The van der Waals surface area contributed by atoms with Crippen LogP contribution in [0.5, 0.6) is 0 Å². The molecule has 1 aromatic heterocycles. The fourth-order valence-electron chi connectivity index (χ4n) is 2.91. The van der Waals surface area contributed by atoms with Gasteiger partial charge in [-0.15, -0.1) is 5.10 Å². The molecule has 0 atom stereocenters. The number of aryl methyl sites for hydroxylation is 1. The second-order valence-electron chi connectivity index (χ2n) is 6.19. The van der Waals surface area contributed by atoms with Gasteiger partial charge in [0.2, 0.25) is 10.0 Å². The first kappa shape index (κ1) is 18.9. The summed E-state index contributed by atoms with van der Waals surface area (Å²) in [4.78, 5) is 13.0. The van der Waals surface area contributed by atoms with E-state index in [1.807, 2.05) is 6.92 Å². The van der Waals surface area contributed by atoms with E-state index in [1.165, 1.54) is 0 Å². The molecule has 7 nitrogen and oxygen atoms in total. The number of rotatable bonds is 6. The van der Waals surface area contributed by atoms with Gasteiger partial charge in [0.15, 0.2) is 0 Å². The number of piperidine rings is 1. The van der Waals surface area contributed by atoms with Gasteiger partial charge in [0.05, 0.1) is 10.6 Å². The Kier molecular flexibility index (Phi) is 6.00. The third-order valence-electron chi connectivity index (χ3n) is 4.43. The smallest absolute Gasteiger partial charge is 0.265 e. The molecule has 0 aliphatic carbocycles. The molecule has 140 valence electrons. The zero-order chi connectivity index (χ0) is 18.6. The molecule has 1 aromatic carbocycles. The van der Waals surface area contributed by atoms with Gasteiger partial charge in [0.1, 0.15) is 4.88 Å². The molecule has 1 fully saturated rings. The summed E-state index contributed by atoms with van der Waals surface area (Å²) in [5.74, 6) is -0.207. The molecule has 1 N–H and O–H groups in total. The molecule has 0 saturated carbocycles. The lowest BCUT2D eigenvalue weighted by atomic mass is 10.2. The molecule has 2 aromatic rings. The maximum absolute atomic E-state index is 12.6. The molecule has 1 aliphatic rings. The van der Waals surface area contributed by atoms with Crippen molar-refractivity contribution in [2.24, 2.45) is 0 Å². The van der Waals surface area contributed by atoms with Crippen molar-refractivity contribution in [3.63, 3.8) is 0 Å². The first-order valence-electron chi connectivity index (χ1n) is 8.71. The highest BCUT2D eigenvalue weighted by atomic mass is 32.2. The van der Waals surface area contributed by atoms with E-state index in [-0.39, 0.29) is 5.91 Å². The Bertz CT molecular complexity index is 856. The van der Waals surface area contributed by atoms with Crippen molar-refractivity contribution in [2.45, 2.75) is 44.0 Å².